The smallest absolute Gasteiger partial charge is 0.126 e. The van der Waals surface area contributed by atoms with Crippen molar-refractivity contribution in [3.63, 3.8) is 0 Å². The molecule has 1 aromatic rings. The van der Waals surface area contributed by atoms with E-state index in [0.29, 0.717) is 13.2 Å². The van der Waals surface area contributed by atoms with Crippen LogP contribution in [0.25, 0.3) is 0 Å². The molecule has 3 nitrogen and oxygen atoms in total. The fourth-order valence-corrected chi connectivity index (χ4v) is 1.55. The van der Waals surface area contributed by atoms with Crippen LogP contribution >= 0.6 is 0 Å². The number of nitrogens with one attached hydrogen (secondary N) is 1. The first kappa shape index (κ1) is 13.0. The summed E-state index contributed by atoms with van der Waals surface area (Å²) >= 11 is 0. The maximum Gasteiger partial charge on any atom is 0.126 e. The van der Waals surface area contributed by atoms with E-state index < -0.39 is 0 Å². The summed E-state index contributed by atoms with van der Waals surface area (Å²) in [6.07, 6.45) is 0. The van der Waals surface area contributed by atoms with Crippen molar-refractivity contribution in [2.24, 2.45) is 0 Å². The van der Waals surface area contributed by atoms with Gasteiger partial charge in [0.25, 0.3) is 0 Å². The fourth-order valence-electron chi connectivity index (χ4n) is 1.55. The molecule has 0 radical (unpaired) electrons. The Bertz CT molecular complexity index is 313. The van der Waals surface area contributed by atoms with Gasteiger partial charge in [-0.2, -0.15) is 0 Å². The van der Waals surface area contributed by atoms with E-state index in [1.807, 2.05) is 0 Å². The highest BCUT2D eigenvalue weighted by Gasteiger charge is 2.05. The lowest BCUT2D eigenvalue weighted by Crippen LogP contribution is -2.14. The van der Waals surface area contributed by atoms with Crippen molar-refractivity contribution >= 4 is 0 Å². The molecule has 0 heterocycles. The molecule has 16 heavy (non-hydrogen) atoms. The first-order valence-electron chi connectivity index (χ1n) is 5.70. The van der Waals surface area contributed by atoms with Crippen molar-refractivity contribution < 1.29 is 9.47 Å². The molecule has 0 atom stereocenters. The minimum absolute atomic E-state index is 0.598. The zero-order valence-corrected chi connectivity index (χ0v) is 10.4. The van der Waals surface area contributed by atoms with Gasteiger partial charge in [-0.05, 0) is 19.0 Å². The van der Waals surface area contributed by atoms with Gasteiger partial charge in [-0.1, -0.05) is 25.1 Å². The Morgan fingerprint density at radius 2 is 2.06 bits per heavy atom. The van der Waals surface area contributed by atoms with E-state index in [2.05, 4.69) is 37.4 Å². The molecule has 3 heteroatoms. The van der Waals surface area contributed by atoms with E-state index in [-0.39, 0.29) is 0 Å². The van der Waals surface area contributed by atoms with Gasteiger partial charge in [0.2, 0.25) is 0 Å². The number of para-hydroxylation sites is 1. The first-order valence-corrected chi connectivity index (χ1v) is 5.70. The molecule has 1 N–H and O–H groups in total. The number of hydrogen-bond acceptors (Lipinski definition) is 3. The maximum absolute atomic E-state index is 5.74. The third kappa shape index (κ3) is 3.83. The van der Waals surface area contributed by atoms with Crippen molar-refractivity contribution in [1.82, 2.24) is 5.32 Å². The van der Waals surface area contributed by atoms with Crippen LogP contribution in [0.15, 0.2) is 18.2 Å². The molecular formula is C13H21NO2. The van der Waals surface area contributed by atoms with Crippen LogP contribution in [0.4, 0.5) is 0 Å². The zero-order valence-electron chi connectivity index (χ0n) is 10.4. The SMILES string of the molecule is CCNCc1cccc(C)c1OCCOC. The lowest BCUT2D eigenvalue weighted by atomic mass is 10.1. The van der Waals surface area contributed by atoms with Crippen LogP contribution in [-0.2, 0) is 11.3 Å². The molecule has 0 spiro atoms. The quantitative estimate of drug-likeness (QED) is 0.718. The molecule has 0 saturated carbocycles. The second kappa shape index (κ2) is 7.25. The lowest BCUT2D eigenvalue weighted by molar-refractivity contribution is 0.145. The van der Waals surface area contributed by atoms with Crippen molar-refractivity contribution in [3.8, 4) is 5.75 Å². The van der Waals surface area contributed by atoms with Gasteiger partial charge in [0.15, 0.2) is 0 Å². The molecule has 0 fully saturated rings. The highest BCUT2D eigenvalue weighted by molar-refractivity contribution is 5.40. The highest BCUT2D eigenvalue weighted by Crippen LogP contribution is 2.23. The standard InChI is InChI=1S/C13H21NO2/c1-4-14-10-12-7-5-6-11(2)13(12)16-9-8-15-3/h5-7,14H,4,8-10H2,1-3H3. The Hall–Kier alpha value is -1.06. The molecule has 0 aliphatic rings. The topological polar surface area (TPSA) is 30.5 Å². The van der Waals surface area contributed by atoms with Crippen LogP contribution in [0.1, 0.15) is 18.1 Å². The number of ether oxygens (including phenoxy) is 2. The average molecular weight is 223 g/mol. The summed E-state index contributed by atoms with van der Waals surface area (Å²) in [6, 6.07) is 6.22. The largest absolute Gasteiger partial charge is 0.491 e. The molecule has 0 unspecified atom stereocenters. The summed E-state index contributed by atoms with van der Waals surface area (Å²) in [5.74, 6) is 0.987. The molecule has 0 aliphatic heterocycles. The van der Waals surface area contributed by atoms with Crippen LogP contribution in [0.5, 0.6) is 5.75 Å². The highest BCUT2D eigenvalue weighted by atomic mass is 16.5. The van der Waals surface area contributed by atoms with E-state index in [1.54, 1.807) is 7.11 Å². The zero-order chi connectivity index (χ0) is 11.8. The molecule has 0 bridgehead atoms. The van der Waals surface area contributed by atoms with Crippen LogP contribution in [0, 0.1) is 6.92 Å². The summed E-state index contributed by atoms with van der Waals surface area (Å²) in [5, 5.41) is 3.31. The van der Waals surface area contributed by atoms with E-state index in [4.69, 9.17) is 9.47 Å². The Balaban J connectivity index is 2.69. The predicted molar refractivity (Wildman–Crippen MR) is 65.9 cm³/mol. The molecule has 0 aliphatic carbocycles. The third-order valence-electron chi connectivity index (χ3n) is 2.39. The van der Waals surface area contributed by atoms with Crippen molar-refractivity contribution in [3.05, 3.63) is 29.3 Å². The number of rotatable bonds is 7. The van der Waals surface area contributed by atoms with Crippen molar-refractivity contribution in [1.29, 1.82) is 0 Å². The number of aryl methyl sites for hydroxylation is 1. The van der Waals surface area contributed by atoms with Crippen LogP contribution in [0.3, 0.4) is 0 Å². The second-order valence-electron chi connectivity index (χ2n) is 3.68. The first-order chi connectivity index (χ1) is 7.79. The van der Waals surface area contributed by atoms with Crippen LogP contribution in [-0.4, -0.2) is 26.9 Å². The summed E-state index contributed by atoms with van der Waals surface area (Å²) in [7, 11) is 1.68. The summed E-state index contributed by atoms with van der Waals surface area (Å²) < 4.78 is 10.7. The minimum atomic E-state index is 0.598. The molecule has 0 saturated heterocycles. The van der Waals surface area contributed by atoms with Gasteiger partial charge in [-0.15, -0.1) is 0 Å². The van der Waals surface area contributed by atoms with E-state index >= 15 is 0 Å². The van der Waals surface area contributed by atoms with Crippen molar-refractivity contribution in [2.75, 3.05) is 26.9 Å². The molecule has 0 aromatic heterocycles. The normalized spacial score (nSPS) is 10.4. The second-order valence-corrected chi connectivity index (χ2v) is 3.68. The predicted octanol–water partition coefficient (Wildman–Crippen LogP) is 2.13. The van der Waals surface area contributed by atoms with Crippen LogP contribution in [0.2, 0.25) is 0 Å². The van der Waals surface area contributed by atoms with Gasteiger partial charge in [-0.25, -0.2) is 0 Å². The summed E-state index contributed by atoms with van der Waals surface area (Å²) in [4.78, 5) is 0. The van der Waals surface area contributed by atoms with Gasteiger partial charge in [0, 0.05) is 19.2 Å². The molecule has 90 valence electrons. The van der Waals surface area contributed by atoms with Gasteiger partial charge < -0.3 is 14.8 Å². The summed E-state index contributed by atoms with van der Waals surface area (Å²) in [6.45, 7) is 7.19. The summed E-state index contributed by atoms with van der Waals surface area (Å²) in [5.41, 5.74) is 2.38. The Kier molecular flexibility index (Phi) is 5.90. The minimum Gasteiger partial charge on any atom is -0.491 e. The Morgan fingerprint density at radius 3 is 2.75 bits per heavy atom. The third-order valence-corrected chi connectivity index (χ3v) is 2.39. The van der Waals surface area contributed by atoms with Gasteiger partial charge in [0.1, 0.15) is 12.4 Å². The van der Waals surface area contributed by atoms with E-state index in [1.165, 1.54) is 11.1 Å². The average Bonchev–Trinajstić information content (AvgIpc) is 2.29. The molecule has 1 aromatic carbocycles. The fraction of sp³-hybridized carbons (Fsp3) is 0.538. The lowest BCUT2D eigenvalue weighted by Gasteiger charge is -2.14. The number of methoxy groups -OCH3 is 1. The van der Waals surface area contributed by atoms with Gasteiger partial charge >= 0.3 is 0 Å². The van der Waals surface area contributed by atoms with Crippen molar-refractivity contribution in [2.45, 2.75) is 20.4 Å². The van der Waals surface area contributed by atoms with E-state index in [0.717, 1.165) is 18.8 Å². The Morgan fingerprint density at radius 1 is 1.25 bits per heavy atom. The number of benzene rings is 1. The molecule has 1 rings (SSSR count). The number of hydrogen-bond donors (Lipinski definition) is 1. The molecule has 0 amide bonds. The molecular weight excluding hydrogens is 202 g/mol. The van der Waals surface area contributed by atoms with Gasteiger partial charge in [0.05, 0.1) is 6.61 Å². The van der Waals surface area contributed by atoms with Crippen LogP contribution < -0.4 is 10.1 Å². The van der Waals surface area contributed by atoms with E-state index in [9.17, 15) is 0 Å². The maximum atomic E-state index is 5.74. The monoisotopic (exact) mass is 223 g/mol. The van der Waals surface area contributed by atoms with Gasteiger partial charge in [-0.3, -0.25) is 0 Å². The Labute approximate surface area is 97.8 Å².